The predicted octanol–water partition coefficient (Wildman–Crippen LogP) is 0.767. The maximum absolute atomic E-state index is 11.8. The van der Waals surface area contributed by atoms with Crippen LogP contribution in [0.5, 0.6) is 0 Å². The molecular weight excluding hydrogens is 234 g/mol. The lowest BCUT2D eigenvalue weighted by molar-refractivity contribution is -0.385. The maximum atomic E-state index is 11.8. The Balaban J connectivity index is 2.31. The van der Waals surface area contributed by atoms with E-state index < -0.39 is 14.8 Å². The van der Waals surface area contributed by atoms with Crippen LogP contribution in [-0.2, 0) is 14.6 Å². The number of epoxide rings is 1. The van der Waals surface area contributed by atoms with Gasteiger partial charge in [0.15, 0.2) is 9.84 Å². The number of hydrogen-bond donors (Lipinski definition) is 0. The molecule has 1 aliphatic rings. The highest BCUT2D eigenvalue weighted by Crippen LogP contribution is 2.21. The molecule has 0 spiro atoms. The van der Waals surface area contributed by atoms with E-state index in [-0.39, 0.29) is 22.4 Å². The molecule has 7 heteroatoms. The Morgan fingerprint density at radius 2 is 2.19 bits per heavy atom. The number of nitrogens with zero attached hydrogens (tertiary/aromatic N) is 1. The van der Waals surface area contributed by atoms with Gasteiger partial charge in [-0.25, -0.2) is 8.42 Å². The van der Waals surface area contributed by atoms with Crippen LogP contribution in [0.1, 0.15) is 0 Å². The van der Waals surface area contributed by atoms with E-state index in [0.717, 1.165) is 6.07 Å². The van der Waals surface area contributed by atoms with Crippen LogP contribution in [0.4, 0.5) is 5.69 Å². The fourth-order valence-electron chi connectivity index (χ4n) is 1.30. The number of hydrogen-bond acceptors (Lipinski definition) is 5. The molecule has 1 heterocycles. The Morgan fingerprint density at radius 1 is 1.50 bits per heavy atom. The number of benzene rings is 1. The lowest BCUT2D eigenvalue weighted by Gasteiger charge is -2.01. The third kappa shape index (κ3) is 2.37. The van der Waals surface area contributed by atoms with Gasteiger partial charge in [0.1, 0.15) is 0 Å². The first-order valence-electron chi connectivity index (χ1n) is 4.58. The van der Waals surface area contributed by atoms with Crippen LogP contribution in [0, 0.1) is 10.1 Å². The third-order valence-electron chi connectivity index (χ3n) is 2.20. The van der Waals surface area contributed by atoms with Gasteiger partial charge in [0, 0.05) is 12.1 Å². The number of sulfone groups is 1. The van der Waals surface area contributed by atoms with E-state index >= 15 is 0 Å². The highest BCUT2D eigenvalue weighted by atomic mass is 32.2. The zero-order valence-electron chi connectivity index (χ0n) is 8.20. The quantitative estimate of drug-likeness (QED) is 0.442. The molecule has 86 valence electrons. The van der Waals surface area contributed by atoms with Gasteiger partial charge in [-0.1, -0.05) is 6.07 Å². The minimum absolute atomic E-state index is 0.0304. The zero-order chi connectivity index (χ0) is 11.8. The van der Waals surface area contributed by atoms with Crippen LogP contribution < -0.4 is 0 Å². The Kier molecular flexibility index (Phi) is 2.64. The first kappa shape index (κ1) is 11.0. The van der Waals surface area contributed by atoms with Crippen molar-refractivity contribution < 1.29 is 18.1 Å². The van der Waals surface area contributed by atoms with Gasteiger partial charge in [0.05, 0.1) is 28.3 Å². The predicted molar refractivity (Wildman–Crippen MR) is 54.9 cm³/mol. The average molecular weight is 243 g/mol. The van der Waals surface area contributed by atoms with E-state index in [9.17, 15) is 18.5 Å². The van der Waals surface area contributed by atoms with Crippen molar-refractivity contribution in [2.75, 3.05) is 12.4 Å². The molecule has 6 nitrogen and oxygen atoms in total. The molecule has 0 aromatic heterocycles. The Morgan fingerprint density at radius 3 is 2.75 bits per heavy atom. The Labute approximate surface area is 91.9 Å². The minimum atomic E-state index is -3.48. The van der Waals surface area contributed by atoms with Crippen LogP contribution in [0.2, 0.25) is 0 Å². The van der Waals surface area contributed by atoms with Gasteiger partial charge in [0.25, 0.3) is 5.69 Å². The lowest BCUT2D eigenvalue weighted by Crippen LogP contribution is -2.11. The Bertz CT molecular complexity index is 520. The monoisotopic (exact) mass is 243 g/mol. The smallest absolute Gasteiger partial charge is 0.270 e. The van der Waals surface area contributed by atoms with Crippen molar-refractivity contribution in [3.05, 3.63) is 34.4 Å². The van der Waals surface area contributed by atoms with Crippen LogP contribution in [0.3, 0.4) is 0 Å². The van der Waals surface area contributed by atoms with Crippen molar-refractivity contribution in [1.29, 1.82) is 0 Å². The summed E-state index contributed by atoms with van der Waals surface area (Å²) in [5.41, 5.74) is -0.224. The minimum Gasteiger partial charge on any atom is -0.372 e. The van der Waals surface area contributed by atoms with Crippen LogP contribution in [0.25, 0.3) is 0 Å². The van der Waals surface area contributed by atoms with E-state index in [4.69, 9.17) is 4.74 Å². The van der Waals surface area contributed by atoms with Crippen LogP contribution >= 0.6 is 0 Å². The lowest BCUT2D eigenvalue weighted by atomic mass is 10.3. The van der Waals surface area contributed by atoms with E-state index in [1.165, 1.54) is 18.2 Å². The van der Waals surface area contributed by atoms with E-state index in [1.54, 1.807) is 0 Å². The first-order valence-corrected chi connectivity index (χ1v) is 6.23. The molecule has 2 rings (SSSR count). The molecule has 16 heavy (non-hydrogen) atoms. The SMILES string of the molecule is O=[N+]([O-])c1cccc(S(=O)(=O)C[C@@H]2CO2)c1. The van der Waals surface area contributed by atoms with Gasteiger partial charge in [-0.2, -0.15) is 0 Å². The largest absolute Gasteiger partial charge is 0.372 e. The van der Waals surface area contributed by atoms with Gasteiger partial charge in [-0.15, -0.1) is 0 Å². The van der Waals surface area contributed by atoms with Gasteiger partial charge in [-0.05, 0) is 6.07 Å². The second-order valence-electron chi connectivity index (χ2n) is 3.49. The first-order chi connectivity index (χ1) is 7.49. The van der Waals surface area contributed by atoms with Gasteiger partial charge < -0.3 is 4.74 Å². The molecule has 0 N–H and O–H groups in total. The maximum Gasteiger partial charge on any atom is 0.270 e. The molecule has 0 radical (unpaired) electrons. The van der Waals surface area contributed by atoms with Gasteiger partial charge in [-0.3, -0.25) is 10.1 Å². The van der Waals surface area contributed by atoms with Crippen molar-refractivity contribution in [2.45, 2.75) is 11.0 Å². The number of nitro benzene ring substituents is 1. The molecule has 0 saturated carbocycles. The molecule has 1 aliphatic heterocycles. The summed E-state index contributed by atoms with van der Waals surface area (Å²) < 4.78 is 28.3. The fraction of sp³-hybridized carbons (Fsp3) is 0.333. The second kappa shape index (κ2) is 3.84. The standard InChI is InChI=1S/C9H9NO5S/c11-10(12)7-2-1-3-9(4-7)16(13,14)6-8-5-15-8/h1-4,8H,5-6H2/t8-/m0/s1. The third-order valence-corrected chi connectivity index (χ3v) is 3.98. The fourth-order valence-corrected chi connectivity index (χ4v) is 2.76. The summed E-state index contributed by atoms with van der Waals surface area (Å²) in [5, 5.41) is 10.5. The zero-order valence-corrected chi connectivity index (χ0v) is 9.01. The van der Waals surface area contributed by atoms with E-state index in [2.05, 4.69) is 0 Å². The molecule has 1 atom stereocenters. The molecule has 0 bridgehead atoms. The second-order valence-corrected chi connectivity index (χ2v) is 5.53. The average Bonchev–Trinajstić information content (AvgIpc) is 3.01. The van der Waals surface area contributed by atoms with Crippen LogP contribution in [0.15, 0.2) is 29.2 Å². The van der Waals surface area contributed by atoms with Crippen molar-refractivity contribution in [2.24, 2.45) is 0 Å². The summed E-state index contributed by atoms with van der Waals surface area (Å²) in [6.07, 6.45) is -0.260. The molecule has 1 aromatic carbocycles. The van der Waals surface area contributed by atoms with Crippen molar-refractivity contribution in [3.8, 4) is 0 Å². The van der Waals surface area contributed by atoms with Gasteiger partial charge >= 0.3 is 0 Å². The molecular formula is C9H9NO5S. The number of ether oxygens (including phenoxy) is 1. The van der Waals surface area contributed by atoms with Crippen molar-refractivity contribution in [1.82, 2.24) is 0 Å². The summed E-state index contributed by atoms with van der Waals surface area (Å²) in [6, 6.07) is 5.04. The molecule has 0 unspecified atom stereocenters. The number of non-ortho nitro benzene ring substituents is 1. The number of nitro groups is 1. The van der Waals surface area contributed by atoms with Crippen molar-refractivity contribution >= 4 is 15.5 Å². The highest BCUT2D eigenvalue weighted by Gasteiger charge is 2.30. The normalized spacial score (nSPS) is 19.4. The molecule has 0 aliphatic carbocycles. The summed E-state index contributed by atoms with van der Waals surface area (Å²) in [5.74, 6) is -0.117. The van der Waals surface area contributed by atoms with E-state index in [1.807, 2.05) is 0 Å². The van der Waals surface area contributed by atoms with E-state index in [0.29, 0.717) is 6.61 Å². The summed E-state index contributed by atoms with van der Waals surface area (Å²) in [4.78, 5) is 9.85. The van der Waals surface area contributed by atoms with Gasteiger partial charge in [0.2, 0.25) is 0 Å². The number of rotatable bonds is 4. The topological polar surface area (TPSA) is 89.8 Å². The Hall–Kier alpha value is -1.47. The molecule has 0 amide bonds. The highest BCUT2D eigenvalue weighted by molar-refractivity contribution is 7.91. The molecule has 1 fully saturated rings. The molecule has 1 saturated heterocycles. The molecule has 1 aromatic rings. The summed E-state index contributed by atoms with van der Waals surface area (Å²) in [6.45, 7) is 0.439. The summed E-state index contributed by atoms with van der Waals surface area (Å²) in [7, 11) is -3.48. The van der Waals surface area contributed by atoms with Crippen molar-refractivity contribution in [3.63, 3.8) is 0 Å². The van der Waals surface area contributed by atoms with Crippen LogP contribution in [-0.4, -0.2) is 31.8 Å². The summed E-state index contributed by atoms with van der Waals surface area (Å²) >= 11 is 0.